The zero-order valence-corrected chi connectivity index (χ0v) is 11.3. The highest BCUT2D eigenvalue weighted by atomic mass is 14.8. The summed E-state index contributed by atoms with van der Waals surface area (Å²) in [6, 6.07) is 12.7. The molecule has 94 valence electrons. The minimum atomic E-state index is 0.678. The Morgan fingerprint density at radius 3 is 2.72 bits per heavy atom. The van der Waals surface area contributed by atoms with Gasteiger partial charge in [-0.2, -0.15) is 0 Å². The topological polar surface area (TPSA) is 24.9 Å². The molecule has 2 rings (SSSR count). The van der Waals surface area contributed by atoms with Gasteiger partial charge in [-0.3, -0.25) is 4.98 Å². The first-order valence-electron chi connectivity index (χ1n) is 6.42. The Hall–Kier alpha value is -1.83. The first kappa shape index (κ1) is 12.6. The molecule has 0 aliphatic rings. The van der Waals surface area contributed by atoms with Crippen LogP contribution in [0.25, 0.3) is 11.3 Å². The quantitative estimate of drug-likeness (QED) is 0.874. The van der Waals surface area contributed by atoms with Crippen LogP contribution in [0.5, 0.6) is 0 Å². The van der Waals surface area contributed by atoms with Gasteiger partial charge in [0.15, 0.2) is 0 Å². The summed E-state index contributed by atoms with van der Waals surface area (Å²) in [6.07, 6.45) is 2.95. The molecule has 0 aliphatic carbocycles. The summed E-state index contributed by atoms with van der Waals surface area (Å²) in [5.41, 5.74) is 4.67. The highest BCUT2D eigenvalue weighted by molar-refractivity contribution is 5.64. The van der Waals surface area contributed by atoms with Gasteiger partial charge in [0.2, 0.25) is 0 Å². The average Bonchev–Trinajstić information content (AvgIpc) is 2.38. The van der Waals surface area contributed by atoms with Crippen LogP contribution in [0.3, 0.4) is 0 Å². The van der Waals surface area contributed by atoms with Crippen LogP contribution in [0.4, 0.5) is 5.69 Å². The molecule has 0 spiro atoms. The number of benzene rings is 1. The molecule has 18 heavy (non-hydrogen) atoms. The standard InChI is InChI=1S/C16H20N2/c1-12(2)9-13-5-4-6-14(10-13)16-11-15(17-3)7-8-18-16/h4-8,10-12H,9H2,1-3H3,(H,17,18). The lowest BCUT2D eigenvalue weighted by Gasteiger charge is -2.08. The lowest BCUT2D eigenvalue weighted by atomic mass is 10.00. The molecule has 0 aliphatic heterocycles. The summed E-state index contributed by atoms with van der Waals surface area (Å²) in [7, 11) is 1.92. The molecular formula is C16H20N2. The second-order valence-electron chi connectivity index (χ2n) is 4.98. The number of nitrogens with zero attached hydrogens (tertiary/aromatic N) is 1. The fraction of sp³-hybridized carbons (Fsp3) is 0.312. The van der Waals surface area contributed by atoms with E-state index in [9.17, 15) is 0 Å². The molecule has 0 saturated heterocycles. The molecule has 2 nitrogen and oxygen atoms in total. The lowest BCUT2D eigenvalue weighted by molar-refractivity contribution is 0.647. The molecule has 1 aromatic heterocycles. The van der Waals surface area contributed by atoms with Crippen LogP contribution in [0.1, 0.15) is 19.4 Å². The third-order valence-electron chi connectivity index (χ3n) is 2.92. The van der Waals surface area contributed by atoms with Gasteiger partial charge in [-0.05, 0) is 36.1 Å². The highest BCUT2D eigenvalue weighted by Gasteiger charge is 2.03. The Morgan fingerprint density at radius 2 is 2.00 bits per heavy atom. The van der Waals surface area contributed by atoms with Gasteiger partial charge in [0.05, 0.1) is 5.69 Å². The smallest absolute Gasteiger partial charge is 0.0722 e. The van der Waals surface area contributed by atoms with E-state index in [0.29, 0.717) is 5.92 Å². The van der Waals surface area contributed by atoms with E-state index in [1.54, 1.807) is 0 Å². The maximum absolute atomic E-state index is 4.44. The molecule has 2 heteroatoms. The second kappa shape index (κ2) is 5.67. The molecule has 0 radical (unpaired) electrons. The van der Waals surface area contributed by atoms with Crippen LogP contribution in [-0.2, 0) is 6.42 Å². The highest BCUT2D eigenvalue weighted by Crippen LogP contribution is 2.22. The minimum absolute atomic E-state index is 0.678. The summed E-state index contributed by atoms with van der Waals surface area (Å²) < 4.78 is 0. The van der Waals surface area contributed by atoms with Gasteiger partial charge in [-0.1, -0.05) is 32.0 Å². The van der Waals surface area contributed by atoms with E-state index in [1.807, 2.05) is 19.3 Å². The van der Waals surface area contributed by atoms with Gasteiger partial charge in [-0.25, -0.2) is 0 Å². The van der Waals surface area contributed by atoms with Crippen molar-refractivity contribution < 1.29 is 0 Å². The van der Waals surface area contributed by atoms with E-state index in [4.69, 9.17) is 0 Å². The van der Waals surface area contributed by atoms with Gasteiger partial charge < -0.3 is 5.32 Å². The predicted octanol–water partition coefficient (Wildman–Crippen LogP) is 3.99. The molecule has 0 fully saturated rings. The van der Waals surface area contributed by atoms with E-state index in [2.05, 4.69) is 54.5 Å². The largest absolute Gasteiger partial charge is 0.388 e. The van der Waals surface area contributed by atoms with Crippen LogP contribution in [-0.4, -0.2) is 12.0 Å². The Bertz CT molecular complexity index is 518. The molecule has 1 heterocycles. The third kappa shape index (κ3) is 3.10. The Balaban J connectivity index is 2.32. The molecule has 0 amide bonds. The van der Waals surface area contributed by atoms with Gasteiger partial charge in [0.25, 0.3) is 0 Å². The van der Waals surface area contributed by atoms with Crippen LogP contribution in [0, 0.1) is 5.92 Å². The SMILES string of the molecule is CNc1ccnc(-c2cccc(CC(C)C)c2)c1. The minimum Gasteiger partial charge on any atom is -0.388 e. The Labute approximate surface area is 109 Å². The summed E-state index contributed by atoms with van der Waals surface area (Å²) in [6.45, 7) is 4.49. The van der Waals surface area contributed by atoms with Crippen molar-refractivity contribution in [1.29, 1.82) is 0 Å². The van der Waals surface area contributed by atoms with Crippen molar-refractivity contribution in [3.63, 3.8) is 0 Å². The third-order valence-corrected chi connectivity index (χ3v) is 2.92. The van der Waals surface area contributed by atoms with Crippen molar-refractivity contribution in [3.8, 4) is 11.3 Å². The predicted molar refractivity (Wildman–Crippen MR) is 77.8 cm³/mol. The zero-order valence-electron chi connectivity index (χ0n) is 11.3. The van der Waals surface area contributed by atoms with Crippen LogP contribution >= 0.6 is 0 Å². The summed E-state index contributed by atoms with van der Waals surface area (Å²) in [5.74, 6) is 0.678. The summed E-state index contributed by atoms with van der Waals surface area (Å²) in [4.78, 5) is 4.44. The molecule has 1 aromatic carbocycles. The number of anilines is 1. The number of rotatable bonds is 4. The number of pyridine rings is 1. The molecule has 1 N–H and O–H groups in total. The van der Waals surface area contributed by atoms with Gasteiger partial charge in [0, 0.05) is 24.5 Å². The van der Waals surface area contributed by atoms with Crippen LogP contribution < -0.4 is 5.32 Å². The molecule has 2 aromatic rings. The fourth-order valence-corrected chi connectivity index (χ4v) is 2.07. The monoisotopic (exact) mass is 240 g/mol. The maximum Gasteiger partial charge on any atom is 0.0722 e. The summed E-state index contributed by atoms with van der Waals surface area (Å²) in [5, 5.41) is 3.14. The molecule has 0 atom stereocenters. The van der Waals surface area contributed by atoms with Gasteiger partial charge >= 0.3 is 0 Å². The van der Waals surface area contributed by atoms with Crippen molar-refractivity contribution >= 4 is 5.69 Å². The number of aromatic nitrogens is 1. The van der Waals surface area contributed by atoms with Crippen LogP contribution in [0.15, 0.2) is 42.6 Å². The van der Waals surface area contributed by atoms with E-state index < -0.39 is 0 Å². The van der Waals surface area contributed by atoms with Gasteiger partial charge in [0.1, 0.15) is 0 Å². The fourth-order valence-electron chi connectivity index (χ4n) is 2.07. The van der Waals surface area contributed by atoms with Gasteiger partial charge in [-0.15, -0.1) is 0 Å². The van der Waals surface area contributed by atoms with E-state index in [1.165, 1.54) is 11.1 Å². The Kier molecular flexibility index (Phi) is 3.98. The molecular weight excluding hydrogens is 220 g/mol. The molecule has 0 bridgehead atoms. The van der Waals surface area contributed by atoms with Crippen LogP contribution in [0.2, 0.25) is 0 Å². The van der Waals surface area contributed by atoms with Crippen molar-refractivity contribution in [2.45, 2.75) is 20.3 Å². The van der Waals surface area contributed by atoms with Crippen molar-refractivity contribution in [1.82, 2.24) is 4.98 Å². The first-order valence-corrected chi connectivity index (χ1v) is 6.42. The zero-order chi connectivity index (χ0) is 13.0. The molecule has 0 saturated carbocycles. The van der Waals surface area contributed by atoms with Crippen molar-refractivity contribution in [3.05, 3.63) is 48.2 Å². The van der Waals surface area contributed by atoms with Crippen molar-refractivity contribution in [2.75, 3.05) is 12.4 Å². The number of hydrogen-bond acceptors (Lipinski definition) is 2. The Morgan fingerprint density at radius 1 is 1.17 bits per heavy atom. The van der Waals surface area contributed by atoms with Crippen molar-refractivity contribution in [2.24, 2.45) is 5.92 Å². The first-order chi connectivity index (χ1) is 8.69. The number of nitrogens with one attached hydrogen (secondary N) is 1. The lowest BCUT2D eigenvalue weighted by Crippen LogP contribution is -1.95. The average molecular weight is 240 g/mol. The summed E-state index contributed by atoms with van der Waals surface area (Å²) >= 11 is 0. The van der Waals surface area contributed by atoms with E-state index in [0.717, 1.165) is 17.8 Å². The van der Waals surface area contributed by atoms with E-state index in [-0.39, 0.29) is 0 Å². The van der Waals surface area contributed by atoms with E-state index >= 15 is 0 Å². The normalized spacial score (nSPS) is 10.7. The number of hydrogen-bond donors (Lipinski definition) is 1. The maximum atomic E-state index is 4.44. The second-order valence-corrected chi connectivity index (χ2v) is 4.98. The molecule has 0 unspecified atom stereocenters.